The van der Waals surface area contributed by atoms with Gasteiger partial charge in [0.2, 0.25) is 0 Å². The van der Waals surface area contributed by atoms with Crippen molar-refractivity contribution in [3.05, 3.63) is 17.8 Å². The molecule has 0 saturated heterocycles. The summed E-state index contributed by atoms with van der Waals surface area (Å²) in [4.78, 5) is 15.7. The fourth-order valence-corrected chi connectivity index (χ4v) is 1.91. The van der Waals surface area contributed by atoms with Crippen LogP contribution >= 0.6 is 0 Å². The number of esters is 1. The standard InChI is InChI=1S/C12H17N3O2/c1-3-7-4-10(7)15-11-9(12(16)17-2)5-8(13)6-14-11/h5-7,10H,3-4,13H2,1-2H3,(H,14,15). The number of methoxy groups -OCH3 is 1. The molecule has 92 valence electrons. The summed E-state index contributed by atoms with van der Waals surface area (Å²) >= 11 is 0. The van der Waals surface area contributed by atoms with Crippen molar-refractivity contribution in [3.8, 4) is 0 Å². The third kappa shape index (κ3) is 2.49. The minimum atomic E-state index is -0.416. The average molecular weight is 235 g/mol. The van der Waals surface area contributed by atoms with E-state index >= 15 is 0 Å². The molecule has 3 N–H and O–H groups in total. The zero-order valence-corrected chi connectivity index (χ0v) is 10.1. The minimum Gasteiger partial charge on any atom is -0.465 e. The molecule has 0 bridgehead atoms. The second-order valence-electron chi connectivity index (χ2n) is 4.31. The van der Waals surface area contributed by atoms with Crippen LogP contribution in [0.25, 0.3) is 0 Å². The molecule has 0 aliphatic heterocycles. The Kier molecular flexibility index (Phi) is 3.17. The van der Waals surface area contributed by atoms with E-state index in [0.717, 1.165) is 12.8 Å². The molecule has 1 saturated carbocycles. The molecular weight excluding hydrogens is 218 g/mol. The van der Waals surface area contributed by atoms with Gasteiger partial charge in [-0.1, -0.05) is 13.3 Å². The first-order valence-electron chi connectivity index (χ1n) is 5.76. The van der Waals surface area contributed by atoms with Crippen molar-refractivity contribution in [2.45, 2.75) is 25.8 Å². The van der Waals surface area contributed by atoms with Gasteiger partial charge in [0.05, 0.1) is 19.0 Å². The summed E-state index contributed by atoms with van der Waals surface area (Å²) in [5.74, 6) is 0.827. The molecule has 1 aliphatic carbocycles. The number of carbonyl (C=O) groups excluding carboxylic acids is 1. The zero-order valence-electron chi connectivity index (χ0n) is 10.1. The summed E-state index contributed by atoms with van der Waals surface area (Å²) in [5, 5.41) is 3.26. The third-order valence-corrected chi connectivity index (χ3v) is 3.08. The van der Waals surface area contributed by atoms with E-state index in [2.05, 4.69) is 17.2 Å². The molecule has 0 amide bonds. The van der Waals surface area contributed by atoms with E-state index in [9.17, 15) is 4.79 Å². The molecule has 17 heavy (non-hydrogen) atoms. The van der Waals surface area contributed by atoms with E-state index in [-0.39, 0.29) is 0 Å². The molecule has 0 spiro atoms. The molecule has 1 aromatic rings. The molecule has 0 radical (unpaired) electrons. The summed E-state index contributed by atoms with van der Waals surface area (Å²) in [7, 11) is 1.35. The summed E-state index contributed by atoms with van der Waals surface area (Å²) < 4.78 is 4.71. The van der Waals surface area contributed by atoms with E-state index in [1.165, 1.54) is 13.3 Å². The molecule has 5 nitrogen and oxygen atoms in total. The number of ether oxygens (including phenoxy) is 1. The van der Waals surface area contributed by atoms with E-state index in [4.69, 9.17) is 10.5 Å². The van der Waals surface area contributed by atoms with Gasteiger partial charge in [-0.15, -0.1) is 0 Å². The number of nitrogens with zero attached hydrogens (tertiary/aromatic N) is 1. The van der Waals surface area contributed by atoms with Crippen LogP contribution in [0.2, 0.25) is 0 Å². The number of nitrogens with two attached hydrogens (primary N) is 1. The Hall–Kier alpha value is -1.78. The Labute approximate surface area is 100 Å². The number of hydrogen-bond acceptors (Lipinski definition) is 5. The van der Waals surface area contributed by atoms with Crippen molar-refractivity contribution < 1.29 is 9.53 Å². The molecule has 2 unspecified atom stereocenters. The average Bonchev–Trinajstić information content (AvgIpc) is 3.09. The van der Waals surface area contributed by atoms with Gasteiger partial charge in [0.1, 0.15) is 11.4 Å². The summed E-state index contributed by atoms with van der Waals surface area (Å²) in [5.41, 5.74) is 6.48. The maximum atomic E-state index is 11.6. The van der Waals surface area contributed by atoms with Crippen LogP contribution in [0.4, 0.5) is 11.5 Å². The fourth-order valence-electron chi connectivity index (χ4n) is 1.91. The van der Waals surface area contributed by atoms with Gasteiger partial charge >= 0.3 is 5.97 Å². The lowest BCUT2D eigenvalue weighted by Gasteiger charge is -2.09. The van der Waals surface area contributed by atoms with Crippen LogP contribution in [-0.2, 0) is 4.74 Å². The maximum absolute atomic E-state index is 11.6. The van der Waals surface area contributed by atoms with Crippen LogP contribution in [0.15, 0.2) is 12.3 Å². The minimum absolute atomic E-state index is 0.397. The van der Waals surface area contributed by atoms with E-state index < -0.39 is 5.97 Å². The molecule has 1 fully saturated rings. The summed E-state index contributed by atoms with van der Waals surface area (Å²) in [6.45, 7) is 2.16. The monoisotopic (exact) mass is 235 g/mol. The number of carbonyl (C=O) groups is 1. The van der Waals surface area contributed by atoms with Gasteiger partial charge in [0.25, 0.3) is 0 Å². The molecule has 1 heterocycles. The van der Waals surface area contributed by atoms with Crippen molar-refractivity contribution in [2.75, 3.05) is 18.2 Å². The van der Waals surface area contributed by atoms with Crippen molar-refractivity contribution in [3.63, 3.8) is 0 Å². The smallest absolute Gasteiger partial charge is 0.341 e. The second-order valence-corrected chi connectivity index (χ2v) is 4.31. The molecule has 1 aliphatic rings. The van der Waals surface area contributed by atoms with Crippen LogP contribution < -0.4 is 11.1 Å². The second kappa shape index (κ2) is 4.61. The molecule has 2 rings (SSSR count). The number of rotatable bonds is 4. The Morgan fingerprint density at radius 1 is 1.71 bits per heavy atom. The topological polar surface area (TPSA) is 77.2 Å². The number of nitrogens with one attached hydrogen (secondary N) is 1. The Morgan fingerprint density at radius 2 is 2.47 bits per heavy atom. The molecular formula is C12H17N3O2. The fraction of sp³-hybridized carbons (Fsp3) is 0.500. The largest absolute Gasteiger partial charge is 0.465 e. The quantitative estimate of drug-likeness (QED) is 0.776. The molecule has 0 aromatic carbocycles. The number of hydrogen-bond donors (Lipinski definition) is 2. The van der Waals surface area contributed by atoms with Gasteiger partial charge < -0.3 is 15.8 Å². The highest BCUT2D eigenvalue weighted by molar-refractivity contribution is 5.95. The van der Waals surface area contributed by atoms with Crippen molar-refractivity contribution in [1.82, 2.24) is 4.98 Å². The third-order valence-electron chi connectivity index (χ3n) is 3.08. The maximum Gasteiger partial charge on any atom is 0.341 e. The lowest BCUT2D eigenvalue weighted by molar-refractivity contribution is 0.0601. The lowest BCUT2D eigenvalue weighted by atomic mass is 10.2. The first-order valence-corrected chi connectivity index (χ1v) is 5.76. The Balaban J connectivity index is 2.18. The van der Waals surface area contributed by atoms with Gasteiger partial charge in [-0.2, -0.15) is 0 Å². The zero-order chi connectivity index (χ0) is 12.4. The van der Waals surface area contributed by atoms with E-state index in [1.54, 1.807) is 6.07 Å². The number of aromatic nitrogens is 1. The van der Waals surface area contributed by atoms with Gasteiger partial charge in [0.15, 0.2) is 0 Å². The molecule has 5 heteroatoms. The first kappa shape index (κ1) is 11.7. The van der Waals surface area contributed by atoms with Gasteiger partial charge in [-0.05, 0) is 18.4 Å². The molecule has 2 atom stereocenters. The predicted molar refractivity (Wildman–Crippen MR) is 65.8 cm³/mol. The van der Waals surface area contributed by atoms with E-state index in [0.29, 0.717) is 29.0 Å². The highest BCUT2D eigenvalue weighted by Crippen LogP contribution is 2.36. The van der Waals surface area contributed by atoms with Crippen LogP contribution in [0, 0.1) is 5.92 Å². The number of nitrogen functional groups attached to an aromatic ring is 1. The SMILES string of the molecule is CCC1CC1Nc1ncc(N)cc1C(=O)OC. The number of pyridine rings is 1. The Bertz CT molecular complexity index is 434. The highest BCUT2D eigenvalue weighted by Gasteiger charge is 2.36. The van der Waals surface area contributed by atoms with Gasteiger partial charge in [0, 0.05) is 6.04 Å². The van der Waals surface area contributed by atoms with Crippen molar-refractivity contribution in [2.24, 2.45) is 5.92 Å². The van der Waals surface area contributed by atoms with Crippen LogP contribution in [-0.4, -0.2) is 24.1 Å². The summed E-state index contributed by atoms with van der Waals surface area (Å²) in [6.07, 6.45) is 3.81. The number of anilines is 2. The van der Waals surface area contributed by atoms with Crippen LogP contribution in [0.5, 0.6) is 0 Å². The van der Waals surface area contributed by atoms with Crippen LogP contribution in [0.3, 0.4) is 0 Å². The predicted octanol–water partition coefficient (Wildman–Crippen LogP) is 1.66. The van der Waals surface area contributed by atoms with Gasteiger partial charge in [-0.25, -0.2) is 9.78 Å². The van der Waals surface area contributed by atoms with E-state index in [1.807, 2.05) is 0 Å². The molecule has 1 aromatic heterocycles. The van der Waals surface area contributed by atoms with Crippen LogP contribution in [0.1, 0.15) is 30.1 Å². The summed E-state index contributed by atoms with van der Waals surface area (Å²) in [6, 6.07) is 2.00. The highest BCUT2D eigenvalue weighted by atomic mass is 16.5. The van der Waals surface area contributed by atoms with Gasteiger partial charge in [-0.3, -0.25) is 0 Å². The first-order chi connectivity index (χ1) is 8.15. The van der Waals surface area contributed by atoms with Crippen molar-refractivity contribution >= 4 is 17.5 Å². The Morgan fingerprint density at radius 3 is 3.06 bits per heavy atom. The lowest BCUT2D eigenvalue weighted by Crippen LogP contribution is -2.13. The van der Waals surface area contributed by atoms with Crippen molar-refractivity contribution in [1.29, 1.82) is 0 Å². The normalized spacial score (nSPS) is 22.0.